The number of benzene rings is 2. The Morgan fingerprint density at radius 3 is 2.40 bits per heavy atom. The first-order chi connectivity index (χ1) is 9.61. The first-order valence-electron chi connectivity index (χ1n) is 6.48. The summed E-state index contributed by atoms with van der Waals surface area (Å²) in [5.41, 5.74) is 3.24. The van der Waals surface area contributed by atoms with Gasteiger partial charge in [0.25, 0.3) is 5.91 Å². The van der Waals surface area contributed by atoms with Crippen LogP contribution in [0.2, 0.25) is 0 Å². The average molecular weight is 264 g/mol. The molecule has 2 aromatic carbocycles. The van der Waals surface area contributed by atoms with Crippen LogP contribution in [-0.4, -0.2) is 5.91 Å². The molecule has 0 saturated heterocycles. The van der Waals surface area contributed by atoms with Gasteiger partial charge >= 0.3 is 0 Å². The lowest BCUT2D eigenvalue weighted by Gasteiger charge is -2.15. The topological polar surface area (TPSA) is 52.9 Å². The summed E-state index contributed by atoms with van der Waals surface area (Å²) >= 11 is 0. The van der Waals surface area contributed by atoms with E-state index < -0.39 is 0 Å². The Hall–Kier alpha value is -2.60. The molecule has 0 aliphatic heterocycles. The van der Waals surface area contributed by atoms with Crippen LogP contribution in [0.4, 0.5) is 0 Å². The molecule has 2 rings (SSSR count). The zero-order valence-electron chi connectivity index (χ0n) is 11.6. The van der Waals surface area contributed by atoms with Crippen molar-refractivity contribution in [3.8, 4) is 6.07 Å². The van der Waals surface area contributed by atoms with Crippen molar-refractivity contribution in [2.24, 2.45) is 0 Å². The van der Waals surface area contributed by atoms with E-state index in [4.69, 9.17) is 5.26 Å². The second-order valence-corrected chi connectivity index (χ2v) is 4.74. The van der Waals surface area contributed by atoms with Crippen molar-refractivity contribution >= 4 is 5.91 Å². The molecule has 1 amide bonds. The molecule has 1 unspecified atom stereocenters. The highest BCUT2D eigenvalue weighted by molar-refractivity contribution is 5.95. The zero-order valence-corrected chi connectivity index (χ0v) is 11.6. The highest BCUT2D eigenvalue weighted by Gasteiger charge is 2.12. The molecule has 0 aliphatic carbocycles. The summed E-state index contributed by atoms with van der Waals surface area (Å²) in [5.74, 6) is -0.0834. The van der Waals surface area contributed by atoms with E-state index in [0.29, 0.717) is 11.1 Å². The Kier molecular flexibility index (Phi) is 4.17. The van der Waals surface area contributed by atoms with E-state index in [9.17, 15) is 4.79 Å². The van der Waals surface area contributed by atoms with Crippen molar-refractivity contribution in [2.45, 2.75) is 19.9 Å². The number of nitrogens with one attached hydrogen (secondary N) is 1. The number of nitriles is 1. The van der Waals surface area contributed by atoms with Gasteiger partial charge in [-0.2, -0.15) is 5.26 Å². The lowest BCUT2D eigenvalue weighted by atomic mass is 10.0. The van der Waals surface area contributed by atoms with Gasteiger partial charge in [0.2, 0.25) is 0 Å². The largest absolute Gasteiger partial charge is 0.346 e. The molecule has 0 aliphatic rings. The molecule has 3 heteroatoms. The standard InChI is InChI=1S/C17H16N2O/c1-12-5-3-4-6-16(12)17(20)19-13(2)15-9-7-14(11-18)8-10-15/h3-10,13H,1-2H3,(H,19,20). The molecule has 2 aromatic rings. The van der Waals surface area contributed by atoms with Gasteiger partial charge in [-0.05, 0) is 43.2 Å². The third kappa shape index (κ3) is 3.04. The van der Waals surface area contributed by atoms with Crippen LogP contribution >= 0.6 is 0 Å². The van der Waals surface area contributed by atoms with E-state index >= 15 is 0 Å². The molecule has 1 atom stereocenters. The van der Waals surface area contributed by atoms with E-state index in [1.165, 1.54) is 0 Å². The number of amides is 1. The molecule has 0 fully saturated rings. The van der Waals surface area contributed by atoms with Crippen molar-refractivity contribution in [1.29, 1.82) is 5.26 Å². The number of nitrogens with zero attached hydrogens (tertiary/aromatic N) is 1. The number of hydrogen-bond donors (Lipinski definition) is 1. The van der Waals surface area contributed by atoms with Crippen molar-refractivity contribution in [1.82, 2.24) is 5.32 Å². The number of rotatable bonds is 3. The first kappa shape index (κ1) is 13.8. The molecule has 0 aromatic heterocycles. The van der Waals surface area contributed by atoms with Gasteiger partial charge in [0.1, 0.15) is 0 Å². The predicted molar refractivity (Wildman–Crippen MR) is 78.2 cm³/mol. The quantitative estimate of drug-likeness (QED) is 0.924. The fraction of sp³-hybridized carbons (Fsp3) is 0.176. The maximum Gasteiger partial charge on any atom is 0.252 e. The third-order valence-corrected chi connectivity index (χ3v) is 3.28. The first-order valence-corrected chi connectivity index (χ1v) is 6.48. The van der Waals surface area contributed by atoms with Crippen LogP contribution in [0, 0.1) is 18.3 Å². The zero-order chi connectivity index (χ0) is 14.5. The fourth-order valence-electron chi connectivity index (χ4n) is 2.03. The van der Waals surface area contributed by atoms with Gasteiger partial charge in [0, 0.05) is 5.56 Å². The lowest BCUT2D eigenvalue weighted by Crippen LogP contribution is -2.27. The summed E-state index contributed by atoms with van der Waals surface area (Å²) < 4.78 is 0. The number of hydrogen-bond acceptors (Lipinski definition) is 2. The molecule has 0 radical (unpaired) electrons. The summed E-state index contributed by atoms with van der Waals surface area (Å²) in [6, 6.07) is 16.7. The van der Waals surface area contributed by atoms with Crippen molar-refractivity contribution in [3.05, 3.63) is 70.8 Å². The summed E-state index contributed by atoms with van der Waals surface area (Å²) in [6.45, 7) is 3.85. The molecule has 3 nitrogen and oxygen atoms in total. The van der Waals surface area contributed by atoms with Gasteiger partial charge in [0.05, 0.1) is 17.7 Å². The van der Waals surface area contributed by atoms with E-state index in [1.54, 1.807) is 12.1 Å². The van der Waals surface area contributed by atoms with E-state index in [-0.39, 0.29) is 11.9 Å². The summed E-state index contributed by atoms with van der Waals surface area (Å²) in [5, 5.41) is 11.7. The number of aryl methyl sites for hydroxylation is 1. The Morgan fingerprint density at radius 2 is 1.80 bits per heavy atom. The minimum Gasteiger partial charge on any atom is -0.346 e. The number of carbonyl (C=O) groups is 1. The molecular weight excluding hydrogens is 248 g/mol. The molecule has 0 spiro atoms. The minimum absolute atomic E-state index is 0.0834. The van der Waals surface area contributed by atoms with E-state index in [2.05, 4.69) is 11.4 Å². The molecule has 0 heterocycles. The smallest absolute Gasteiger partial charge is 0.252 e. The second kappa shape index (κ2) is 6.03. The van der Waals surface area contributed by atoms with Crippen LogP contribution < -0.4 is 5.32 Å². The van der Waals surface area contributed by atoms with Crippen LogP contribution in [0.25, 0.3) is 0 Å². The van der Waals surface area contributed by atoms with Crippen LogP contribution in [0.3, 0.4) is 0 Å². The summed E-state index contributed by atoms with van der Waals surface area (Å²) in [6.07, 6.45) is 0. The summed E-state index contributed by atoms with van der Waals surface area (Å²) in [4.78, 5) is 12.2. The summed E-state index contributed by atoms with van der Waals surface area (Å²) in [7, 11) is 0. The lowest BCUT2D eigenvalue weighted by molar-refractivity contribution is 0.0939. The van der Waals surface area contributed by atoms with Gasteiger partial charge in [-0.25, -0.2) is 0 Å². The highest BCUT2D eigenvalue weighted by Crippen LogP contribution is 2.15. The average Bonchev–Trinajstić information content (AvgIpc) is 2.47. The van der Waals surface area contributed by atoms with Crippen molar-refractivity contribution < 1.29 is 4.79 Å². The molecule has 20 heavy (non-hydrogen) atoms. The molecule has 0 bridgehead atoms. The second-order valence-electron chi connectivity index (χ2n) is 4.74. The van der Waals surface area contributed by atoms with E-state index in [0.717, 1.165) is 11.1 Å². The fourth-order valence-corrected chi connectivity index (χ4v) is 2.03. The van der Waals surface area contributed by atoms with Gasteiger partial charge in [-0.1, -0.05) is 30.3 Å². The van der Waals surface area contributed by atoms with Crippen LogP contribution in [-0.2, 0) is 0 Å². The molecule has 1 N–H and O–H groups in total. The highest BCUT2D eigenvalue weighted by atomic mass is 16.1. The molecule has 0 saturated carbocycles. The van der Waals surface area contributed by atoms with E-state index in [1.807, 2.05) is 50.2 Å². The van der Waals surface area contributed by atoms with Gasteiger partial charge in [-0.15, -0.1) is 0 Å². The monoisotopic (exact) mass is 264 g/mol. The predicted octanol–water partition coefficient (Wildman–Crippen LogP) is 3.36. The van der Waals surface area contributed by atoms with Gasteiger partial charge < -0.3 is 5.32 Å². The van der Waals surface area contributed by atoms with Crippen LogP contribution in [0.5, 0.6) is 0 Å². The van der Waals surface area contributed by atoms with Crippen LogP contribution in [0.15, 0.2) is 48.5 Å². The molecule has 100 valence electrons. The Labute approximate surface area is 118 Å². The SMILES string of the molecule is Cc1ccccc1C(=O)NC(C)c1ccc(C#N)cc1. The van der Waals surface area contributed by atoms with Gasteiger partial charge in [0.15, 0.2) is 0 Å². The minimum atomic E-state index is -0.102. The third-order valence-electron chi connectivity index (χ3n) is 3.28. The molecular formula is C17H16N2O. The number of carbonyl (C=O) groups excluding carboxylic acids is 1. The Balaban J connectivity index is 2.11. The van der Waals surface area contributed by atoms with Crippen molar-refractivity contribution in [2.75, 3.05) is 0 Å². The van der Waals surface area contributed by atoms with Crippen LogP contribution in [0.1, 0.15) is 40.0 Å². The maximum atomic E-state index is 12.2. The van der Waals surface area contributed by atoms with Crippen molar-refractivity contribution in [3.63, 3.8) is 0 Å². The Morgan fingerprint density at radius 1 is 1.15 bits per heavy atom. The Bertz CT molecular complexity index is 653. The van der Waals surface area contributed by atoms with Gasteiger partial charge in [-0.3, -0.25) is 4.79 Å². The maximum absolute atomic E-state index is 12.2. The normalized spacial score (nSPS) is 11.4.